The van der Waals surface area contributed by atoms with E-state index in [1.54, 1.807) is 0 Å². The Balaban J connectivity index is 1.98. The van der Waals surface area contributed by atoms with Crippen LogP contribution in [0, 0.1) is 5.21 Å². The maximum absolute atomic E-state index is 12.5. The van der Waals surface area contributed by atoms with Gasteiger partial charge in [-0.2, -0.15) is 0 Å². The Morgan fingerprint density at radius 2 is 2.00 bits per heavy atom. The number of hydrogen-bond donors (Lipinski definition) is 0. The van der Waals surface area contributed by atoms with E-state index in [4.69, 9.17) is 0 Å². The first-order valence-corrected chi connectivity index (χ1v) is 7.08. The van der Waals surface area contributed by atoms with Crippen LogP contribution in [0.4, 0.5) is 0 Å². The zero-order valence-corrected chi connectivity index (χ0v) is 11.8. The van der Waals surface area contributed by atoms with Crippen molar-refractivity contribution in [3.63, 3.8) is 0 Å². The fourth-order valence-electron chi connectivity index (χ4n) is 2.80. The number of aliphatic imine (C=N–C) groups is 2. The highest BCUT2D eigenvalue weighted by Crippen LogP contribution is 2.33. The van der Waals surface area contributed by atoms with Crippen molar-refractivity contribution in [3.05, 3.63) is 16.6 Å². The average molecular weight is 276 g/mol. The number of hydrazine groups is 1. The molecule has 3 aliphatic rings. The minimum absolute atomic E-state index is 0.0597. The summed E-state index contributed by atoms with van der Waals surface area (Å²) >= 11 is 0. The molecule has 7 nitrogen and oxygen atoms in total. The number of fused-ring (bicyclic) bond motifs is 2. The van der Waals surface area contributed by atoms with Crippen molar-refractivity contribution in [2.75, 3.05) is 19.6 Å². The molecular formula is C13H18N5O2-. The number of carbonyl (C=O) groups is 1. The van der Waals surface area contributed by atoms with Gasteiger partial charge in [-0.3, -0.25) is 14.8 Å². The fraction of sp³-hybridized carbons (Fsp3) is 0.615. The monoisotopic (exact) mass is 276 g/mol. The lowest BCUT2D eigenvalue weighted by Crippen LogP contribution is -2.44. The molecule has 108 valence electrons. The topological polar surface area (TPSA) is 74.6 Å². The second-order valence-corrected chi connectivity index (χ2v) is 5.05. The fourth-order valence-corrected chi connectivity index (χ4v) is 2.80. The lowest BCUT2D eigenvalue weighted by molar-refractivity contribution is -0.131. The molecule has 0 spiro atoms. The van der Waals surface area contributed by atoms with E-state index in [9.17, 15) is 10.0 Å². The molecule has 3 heterocycles. The molecule has 0 aromatic carbocycles. The molecule has 0 aromatic heterocycles. The molecule has 20 heavy (non-hydrogen) atoms. The van der Waals surface area contributed by atoms with Crippen molar-refractivity contribution < 1.29 is 4.79 Å². The van der Waals surface area contributed by atoms with Gasteiger partial charge in [0.05, 0.1) is 12.1 Å². The molecule has 0 bridgehead atoms. The summed E-state index contributed by atoms with van der Waals surface area (Å²) in [5.74, 6) is 1.69. The standard InChI is InChI=1S/C13H18N5O2/c1-3-5-10-14-7-9-12-15-8-11(19)17(12)18(20)13(9)16(10)6-4-2/h3-8H2,1-2H3/q-1. The molecule has 0 atom stereocenters. The van der Waals surface area contributed by atoms with Gasteiger partial charge in [-0.25, -0.2) is 5.01 Å². The van der Waals surface area contributed by atoms with Crippen LogP contribution < -0.4 is 0 Å². The number of hydrogen-bond acceptors (Lipinski definition) is 6. The minimum Gasteiger partial charge on any atom is -0.737 e. The van der Waals surface area contributed by atoms with Crippen LogP contribution in [0.5, 0.6) is 0 Å². The zero-order chi connectivity index (χ0) is 14.3. The number of hydroxylamine groups is 1. The van der Waals surface area contributed by atoms with Crippen LogP contribution in [0.2, 0.25) is 0 Å². The van der Waals surface area contributed by atoms with Gasteiger partial charge in [0.25, 0.3) is 5.91 Å². The number of amides is 1. The lowest BCUT2D eigenvalue weighted by atomic mass is 10.1. The van der Waals surface area contributed by atoms with Gasteiger partial charge in [-0.1, -0.05) is 13.8 Å². The van der Waals surface area contributed by atoms with Gasteiger partial charge < -0.3 is 15.3 Å². The highest BCUT2D eigenvalue weighted by molar-refractivity contribution is 6.14. The first kappa shape index (κ1) is 13.1. The van der Waals surface area contributed by atoms with E-state index in [2.05, 4.69) is 23.8 Å². The first-order chi connectivity index (χ1) is 9.69. The predicted molar refractivity (Wildman–Crippen MR) is 75.6 cm³/mol. The Kier molecular flexibility index (Phi) is 3.21. The predicted octanol–water partition coefficient (Wildman–Crippen LogP) is 1.09. The van der Waals surface area contributed by atoms with Crippen molar-refractivity contribution in [2.24, 2.45) is 9.98 Å². The number of rotatable bonds is 4. The summed E-state index contributed by atoms with van der Waals surface area (Å²) in [5.41, 5.74) is 0.777. The van der Waals surface area contributed by atoms with Crippen LogP contribution in [-0.4, -0.2) is 52.3 Å². The molecule has 3 rings (SSSR count). The summed E-state index contributed by atoms with van der Waals surface area (Å²) in [6.07, 6.45) is 2.73. The van der Waals surface area contributed by atoms with Crippen molar-refractivity contribution in [1.29, 1.82) is 0 Å². The third-order valence-corrected chi connectivity index (χ3v) is 3.61. The van der Waals surface area contributed by atoms with E-state index in [-0.39, 0.29) is 12.5 Å². The van der Waals surface area contributed by atoms with Crippen LogP contribution in [0.1, 0.15) is 33.1 Å². The van der Waals surface area contributed by atoms with E-state index in [0.29, 0.717) is 23.4 Å². The maximum Gasteiger partial charge on any atom is 0.268 e. The Morgan fingerprint density at radius 3 is 2.70 bits per heavy atom. The molecule has 7 heteroatoms. The highest BCUT2D eigenvalue weighted by atomic mass is 16.6. The SMILES string of the molecule is CCCC1=NCC2=C(N1CCC)N([O-])N1C(=O)CN=C21. The smallest absolute Gasteiger partial charge is 0.268 e. The summed E-state index contributed by atoms with van der Waals surface area (Å²) in [4.78, 5) is 22.5. The van der Waals surface area contributed by atoms with Crippen molar-refractivity contribution in [3.8, 4) is 0 Å². The van der Waals surface area contributed by atoms with Crippen LogP contribution in [-0.2, 0) is 4.79 Å². The molecule has 1 amide bonds. The molecular weight excluding hydrogens is 258 g/mol. The van der Waals surface area contributed by atoms with E-state index in [0.717, 1.165) is 42.2 Å². The van der Waals surface area contributed by atoms with Crippen molar-refractivity contribution >= 4 is 17.6 Å². The Hall–Kier alpha value is -1.89. The Morgan fingerprint density at radius 1 is 1.20 bits per heavy atom. The van der Waals surface area contributed by atoms with Crippen molar-refractivity contribution in [2.45, 2.75) is 33.1 Å². The molecule has 3 aliphatic heterocycles. The second-order valence-electron chi connectivity index (χ2n) is 5.05. The molecule has 0 radical (unpaired) electrons. The Labute approximate surface area is 117 Å². The number of carbonyl (C=O) groups excluding carboxylic acids is 1. The number of amidine groups is 2. The first-order valence-electron chi connectivity index (χ1n) is 7.08. The summed E-state index contributed by atoms with van der Waals surface area (Å²) in [6, 6.07) is 0. The third kappa shape index (κ3) is 1.73. The molecule has 0 saturated heterocycles. The molecule has 0 aromatic rings. The van der Waals surface area contributed by atoms with Gasteiger partial charge >= 0.3 is 0 Å². The molecule has 0 aliphatic carbocycles. The molecule has 0 saturated carbocycles. The minimum atomic E-state index is -0.266. The van der Waals surface area contributed by atoms with E-state index >= 15 is 0 Å². The second kappa shape index (κ2) is 4.90. The van der Waals surface area contributed by atoms with E-state index < -0.39 is 0 Å². The molecule has 0 unspecified atom stereocenters. The Bertz CT molecular complexity index is 537. The normalized spacial score (nSPS) is 21.4. The summed E-state index contributed by atoms with van der Waals surface area (Å²) < 4.78 is 0. The van der Waals surface area contributed by atoms with Crippen LogP contribution in [0.25, 0.3) is 0 Å². The lowest BCUT2D eigenvalue weighted by Gasteiger charge is -2.40. The van der Waals surface area contributed by atoms with Gasteiger partial charge in [-0.15, -0.1) is 0 Å². The largest absolute Gasteiger partial charge is 0.737 e. The van der Waals surface area contributed by atoms with Gasteiger partial charge in [0.1, 0.15) is 18.2 Å². The van der Waals surface area contributed by atoms with Gasteiger partial charge in [-0.05, 0) is 12.8 Å². The highest BCUT2D eigenvalue weighted by Gasteiger charge is 2.42. The quantitative estimate of drug-likeness (QED) is 0.770. The number of nitrogens with zero attached hydrogens (tertiary/aromatic N) is 5. The van der Waals surface area contributed by atoms with Crippen LogP contribution in [0.3, 0.4) is 0 Å². The summed E-state index contributed by atoms with van der Waals surface area (Å²) in [6.45, 7) is 5.38. The summed E-state index contributed by atoms with van der Waals surface area (Å²) in [5, 5.41) is 14.3. The zero-order valence-electron chi connectivity index (χ0n) is 11.8. The van der Waals surface area contributed by atoms with E-state index in [1.165, 1.54) is 0 Å². The van der Waals surface area contributed by atoms with Crippen LogP contribution >= 0.6 is 0 Å². The third-order valence-electron chi connectivity index (χ3n) is 3.61. The molecule has 0 N–H and O–H groups in total. The average Bonchev–Trinajstić information content (AvgIpc) is 2.94. The van der Waals surface area contributed by atoms with Gasteiger partial charge in [0, 0.05) is 13.0 Å². The van der Waals surface area contributed by atoms with E-state index in [1.807, 2.05) is 4.90 Å². The van der Waals surface area contributed by atoms with Crippen LogP contribution in [0.15, 0.2) is 21.4 Å². The maximum atomic E-state index is 12.5. The van der Waals surface area contributed by atoms with Crippen molar-refractivity contribution in [1.82, 2.24) is 15.1 Å². The van der Waals surface area contributed by atoms with Gasteiger partial charge in [0.2, 0.25) is 0 Å². The molecule has 0 fully saturated rings. The van der Waals surface area contributed by atoms with Gasteiger partial charge in [0.15, 0.2) is 5.84 Å². The summed E-state index contributed by atoms with van der Waals surface area (Å²) in [7, 11) is 0.